The fourth-order valence-corrected chi connectivity index (χ4v) is 2.47. The second-order valence-corrected chi connectivity index (χ2v) is 5.63. The Morgan fingerprint density at radius 2 is 2.00 bits per heavy atom. The van der Waals surface area contributed by atoms with E-state index in [0.29, 0.717) is 6.54 Å². The minimum atomic E-state index is -0.310. The SMILES string of the molecule is CSCCC1NC(=O)CN(CCSC)C1=O. The van der Waals surface area contributed by atoms with Gasteiger partial charge >= 0.3 is 0 Å². The van der Waals surface area contributed by atoms with Gasteiger partial charge in [0, 0.05) is 12.3 Å². The van der Waals surface area contributed by atoms with E-state index < -0.39 is 0 Å². The first-order chi connectivity index (χ1) is 7.69. The van der Waals surface area contributed by atoms with Crippen molar-refractivity contribution in [1.29, 1.82) is 0 Å². The topological polar surface area (TPSA) is 49.4 Å². The van der Waals surface area contributed by atoms with E-state index in [1.807, 2.05) is 12.5 Å². The number of amides is 2. The van der Waals surface area contributed by atoms with Crippen molar-refractivity contribution in [2.45, 2.75) is 12.5 Å². The van der Waals surface area contributed by atoms with Crippen LogP contribution >= 0.6 is 23.5 Å². The third kappa shape index (κ3) is 3.90. The first kappa shape index (κ1) is 13.7. The normalized spacial score (nSPS) is 21.1. The molecule has 0 saturated carbocycles. The highest BCUT2D eigenvalue weighted by molar-refractivity contribution is 7.98. The molecule has 1 atom stereocenters. The molecule has 1 fully saturated rings. The molecule has 1 heterocycles. The third-order valence-corrected chi connectivity index (χ3v) is 3.69. The summed E-state index contributed by atoms with van der Waals surface area (Å²) < 4.78 is 0. The van der Waals surface area contributed by atoms with Crippen molar-refractivity contribution in [3.8, 4) is 0 Å². The first-order valence-electron chi connectivity index (χ1n) is 5.25. The summed E-state index contributed by atoms with van der Waals surface area (Å²) in [6.45, 7) is 0.887. The second kappa shape index (κ2) is 7.06. The highest BCUT2D eigenvalue weighted by atomic mass is 32.2. The molecule has 4 nitrogen and oxygen atoms in total. The Morgan fingerprint density at radius 1 is 1.31 bits per heavy atom. The Bertz CT molecular complexity index is 239. The standard InChI is InChI=1S/C10H18N2O2S2/c1-15-5-3-8-10(14)12(4-6-16-2)7-9(13)11-8/h8H,3-7H2,1-2H3,(H,11,13). The molecule has 0 aliphatic carbocycles. The predicted molar refractivity (Wildman–Crippen MR) is 69.9 cm³/mol. The van der Waals surface area contributed by atoms with Crippen LogP contribution in [0.25, 0.3) is 0 Å². The van der Waals surface area contributed by atoms with E-state index in [9.17, 15) is 9.59 Å². The molecule has 1 aliphatic heterocycles. The number of hydrogen-bond donors (Lipinski definition) is 1. The van der Waals surface area contributed by atoms with Crippen LogP contribution in [-0.2, 0) is 9.59 Å². The molecule has 0 spiro atoms. The molecule has 1 unspecified atom stereocenters. The van der Waals surface area contributed by atoms with E-state index in [1.165, 1.54) is 0 Å². The molecule has 1 aliphatic rings. The lowest BCUT2D eigenvalue weighted by molar-refractivity contribution is -0.144. The Morgan fingerprint density at radius 3 is 2.62 bits per heavy atom. The molecule has 0 radical (unpaired) electrons. The van der Waals surface area contributed by atoms with Crippen molar-refractivity contribution in [1.82, 2.24) is 10.2 Å². The number of carbonyl (C=O) groups excluding carboxylic acids is 2. The van der Waals surface area contributed by atoms with Crippen LogP contribution in [0.4, 0.5) is 0 Å². The summed E-state index contributed by atoms with van der Waals surface area (Å²) in [7, 11) is 0. The van der Waals surface area contributed by atoms with Gasteiger partial charge in [-0.3, -0.25) is 9.59 Å². The number of piperazine rings is 1. The van der Waals surface area contributed by atoms with Crippen LogP contribution in [0.5, 0.6) is 0 Å². The van der Waals surface area contributed by atoms with Crippen LogP contribution in [0, 0.1) is 0 Å². The van der Waals surface area contributed by atoms with Crippen LogP contribution < -0.4 is 5.32 Å². The maximum Gasteiger partial charge on any atom is 0.245 e. The van der Waals surface area contributed by atoms with Crippen LogP contribution in [0.15, 0.2) is 0 Å². The molecule has 0 aromatic heterocycles. The summed E-state index contributed by atoms with van der Waals surface area (Å²) in [6.07, 6.45) is 4.72. The van der Waals surface area contributed by atoms with Gasteiger partial charge in [0.1, 0.15) is 6.04 Å². The summed E-state index contributed by atoms with van der Waals surface area (Å²) in [6, 6.07) is -0.310. The van der Waals surface area contributed by atoms with Crippen molar-refractivity contribution in [3.05, 3.63) is 0 Å². The third-order valence-electron chi connectivity index (χ3n) is 2.46. The van der Waals surface area contributed by atoms with E-state index in [2.05, 4.69) is 5.32 Å². The smallest absolute Gasteiger partial charge is 0.245 e. The molecule has 2 amide bonds. The van der Waals surface area contributed by atoms with Gasteiger partial charge in [-0.25, -0.2) is 0 Å². The lowest BCUT2D eigenvalue weighted by Crippen LogP contribution is -2.58. The highest BCUT2D eigenvalue weighted by Crippen LogP contribution is 2.09. The van der Waals surface area contributed by atoms with Gasteiger partial charge in [0.2, 0.25) is 11.8 Å². The molecule has 6 heteroatoms. The lowest BCUT2D eigenvalue weighted by atomic mass is 10.1. The molecule has 1 N–H and O–H groups in total. The average Bonchev–Trinajstić information content (AvgIpc) is 2.28. The molecule has 1 saturated heterocycles. The van der Waals surface area contributed by atoms with Crippen molar-refractivity contribution in [2.24, 2.45) is 0 Å². The average molecular weight is 262 g/mol. The number of nitrogens with zero attached hydrogens (tertiary/aromatic N) is 1. The van der Waals surface area contributed by atoms with E-state index in [1.54, 1.807) is 28.4 Å². The summed E-state index contributed by atoms with van der Waals surface area (Å²) >= 11 is 3.38. The molecule has 0 bridgehead atoms. The fourth-order valence-electron chi connectivity index (χ4n) is 1.60. The maximum absolute atomic E-state index is 12.0. The van der Waals surface area contributed by atoms with Gasteiger partial charge in [-0.05, 0) is 24.7 Å². The van der Waals surface area contributed by atoms with Gasteiger partial charge in [-0.1, -0.05) is 0 Å². The Kier molecular flexibility index (Phi) is 6.05. The van der Waals surface area contributed by atoms with E-state index in [-0.39, 0.29) is 24.4 Å². The molecule has 16 heavy (non-hydrogen) atoms. The number of hydrogen-bond acceptors (Lipinski definition) is 4. The molecule has 0 aromatic rings. The Labute approximate surface area is 105 Å². The van der Waals surface area contributed by atoms with Gasteiger partial charge in [0.15, 0.2) is 0 Å². The van der Waals surface area contributed by atoms with Gasteiger partial charge in [0.25, 0.3) is 0 Å². The minimum Gasteiger partial charge on any atom is -0.343 e. The van der Waals surface area contributed by atoms with Crippen molar-refractivity contribution in [2.75, 3.05) is 37.1 Å². The first-order valence-corrected chi connectivity index (χ1v) is 8.04. The van der Waals surface area contributed by atoms with Gasteiger partial charge in [0.05, 0.1) is 6.54 Å². The molecule has 1 rings (SSSR count). The largest absolute Gasteiger partial charge is 0.343 e. The summed E-state index contributed by atoms with van der Waals surface area (Å²) in [5.74, 6) is 1.82. The van der Waals surface area contributed by atoms with Crippen molar-refractivity contribution in [3.63, 3.8) is 0 Å². The number of carbonyl (C=O) groups is 2. The Balaban J connectivity index is 2.51. The monoisotopic (exact) mass is 262 g/mol. The lowest BCUT2D eigenvalue weighted by Gasteiger charge is -2.32. The van der Waals surface area contributed by atoms with Crippen LogP contribution in [0.1, 0.15) is 6.42 Å². The molecular formula is C10H18N2O2S2. The van der Waals surface area contributed by atoms with Gasteiger partial charge in [-0.15, -0.1) is 0 Å². The number of rotatable bonds is 6. The van der Waals surface area contributed by atoms with Crippen LogP contribution in [0.3, 0.4) is 0 Å². The van der Waals surface area contributed by atoms with E-state index in [0.717, 1.165) is 17.9 Å². The summed E-state index contributed by atoms with van der Waals surface area (Å²) in [5.41, 5.74) is 0. The van der Waals surface area contributed by atoms with Crippen molar-refractivity contribution >= 4 is 35.3 Å². The number of thioether (sulfide) groups is 2. The highest BCUT2D eigenvalue weighted by Gasteiger charge is 2.31. The second-order valence-electron chi connectivity index (χ2n) is 3.65. The van der Waals surface area contributed by atoms with Crippen molar-refractivity contribution < 1.29 is 9.59 Å². The van der Waals surface area contributed by atoms with Gasteiger partial charge < -0.3 is 10.2 Å². The quantitative estimate of drug-likeness (QED) is 0.754. The van der Waals surface area contributed by atoms with Crippen LogP contribution in [0.2, 0.25) is 0 Å². The minimum absolute atomic E-state index is 0.0354. The zero-order valence-electron chi connectivity index (χ0n) is 9.69. The number of nitrogens with one attached hydrogen (secondary N) is 1. The summed E-state index contributed by atoms with van der Waals surface area (Å²) in [4.78, 5) is 25.1. The summed E-state index contributed by atoms with van der Waals surface area (Å²) in [5, 5.41) is 2.76. The predicted octanol–water partition coefficient (Wildman–Crippen LogP) is 0.429. The molecular weight excluding hydrogens is 244 g/mol. The molecule has 92 valence electrons. The fraction of sp³-hybridized carbons (Fsp3) is 0.800. The van der Waals surface area contributed by atoms with E-state index >= 15 is 0 Å². The molecule has 0 aromatic carbocycles. The zero-order chi connectivity index (χ0) is 12.0. The van der Waals surface area contributed by atoms with Crippen LogP contribution in [-0.4, -0.2) is 59.9 Å². The van der Waals surface area contributed by atoms with E-state index in [4.69, 9.17) is 0 Å². The maximum atomic E-state index is 12.0. The Hall–Kier alpha value is -0.360. The van der Waals surface area contributed by atoms with Gasteiger partial charge in [-0.2, -0.15) is 23.5 Å². The zero-order valence-corrected chi connectivity index (χ0v) is 11.3.